The van der Waals surface area contributed by atoms with Crippen molar-refractivity contribution < 1.29 is 69.9 Å². The van der Waals surface area contributed by atoms with Gasteiger partial charge in [0.2, 0.25) is 0 Å². The molecule has 6 N–H and O–H groups in total. The van der Waals surface area contributed by atoms with E-state index < -0.39 is 45.7 Å². The first-order valence-corrected chi connectivity index (χ1v) is 4.48. The minimum atomic E-state index is -4.40. The molecular weight excluding hydrogens is 350 g/mol. The van der Waals surface area contributed by atoms with Gasteiger partial charge in [-0.15, -0.1) is 0 Å². The summed E-state index contributed by atoms with van der Waals surface area (Å²) in [5.41, 5.74) is 0. The highest BCUT2D eigenvalue weighted by Gasteiger charge is 2.25. The van der Waals surface area contributed by atoms with Crippen LogP contribution in [-0.4, -0.2) is 76.1 Å². The van der Waals surface area contributed by atoms with Crippen molar-refractivity contribution in [3.63, 3.8) is 0 Å². The molecule has 0 bridgehead atoms. The lowest BCUT2D eigenvalue weighted by molar-refractivity contribution is -0.160. The Morgan fingerprint density at radius 1 is 0.500 bits per heavy atom. The summed E-state index contributed by atoms with van der Waals surface area (Å²) in [4.78, 5) is 0. The van der Waals surface area contributed by atoms with Crippen LogP contribution in [0.4, 0.5) is 39.5 Å². The van der Waals surface area contributed by atoms with E-state index in [-0.39, 0.29) is 0 Å². The molecule has 0 heterocycles. The Morgan fingerprint density at radius 3 is 0.545 bits per heavy atom. The van der Waals surface area contributed by atoms with E-state index >= 15 is 0 Å². The number of aliphatic hydroxyl groups excluding tert-OH is 3. The normalized spacial score (nSPS) is 11.0. The van der Waals surface area contributed by atoms with Gasteiger partial charge >= 0.3 is 25.9 Å². The molecule has 0 amide bonds. The lowest BCUT2D eigenvalue weighted by Crippen LogP contribution is -2.12. The van der Waals surface area contributed by atoms with Gasteiger partial charge in [-0.1, -0.05) is 0 Å². The highest BCUT2D eigenvalue weighted by Crippen LogP contribution is 2.12. The molecule has 0 aliphatic rings. The Kier molecular flexibility index (Phi) is 18.4. The highest BCUT2D eigenvalue weighted by atomic mass is 19.4. The van der Waals surface area contributed by atoms with Gasteiger partial charge in [-0.3, -0.25) is 0 Å². The quantitative estimate of drug-likeness (QED) is 0.257. The number of aliphatic hydroxyl groups is 3. The molecule has 0 spiro atoms. The van der Waals surface area contributed by atoms with Crippen LogP contribution in [0.3, 0.4) is 0 Å². The molecule has 0 aromatic rings. The summed E-state index contributed by atoms with van der Waals surface area (Å²) < 4.78 is 94.8. The first kappa shape index (κ1) is 29.2. The monoisotopic (exact) mass is 362 g/mol. The predicted octanol–water partition coefficient (Wildman–Crippen LogP) is -0.429. The average Bonchev–Trinajstić information content (AvgIpc) is 2.27. The Labute approximate surface area is 117 Å². The number of halogens is 9. The molecule has 0 rings (SSSR count). The van der Waals surface area contributed by atoms with E-state index in [2.05, 4.69) is 0 Å². The van der Waals surface area contributed by atoms with Crippen LogP contribution < -0.4 is 0 Å². The van der Waals surface area contributed by atoms with Gasteiger partial charge in [0, 0.05) is 0 Å². The second kappa shape index (κ2) is 13.8. The van der Waals surface area contributed by atoms with Crippen molar-refractivity contribution in [2.24, 2.45) is 0 Å². The Morgan fingerprint density at radius 2 is 0.545 bits per heavy atom. The van der Waals surface area contributed by atoms with Crippen molar-refractivity contribution in [2.45, 2.75) is 18.5 Å². The molecule has 0 aliphatic heterocycles. The van der Waals surface area contributed by atoms with Crippen LogP contribution in [-0.2, 0) is 0 Å². The first-order valence-electron chi connectivity index (χ1n) is 4.48. The summed E-state index contributed by atoms with van der Waals surface area (Å²) >= 11 is 0. The molecular formula is C6H12BF9O6. The van der Waals surface area contributed by atoms with Crippen LogP contribution in [0.1, 0.15) is 0 Å². The Balaban J connectivity index is -0.0000000994. The minimum absolute atomic E-state index is 1.73. The zero-order chi connectivity index (χ0) is 19.2. The van der Waals surface area contributed by atoms with Crippen LogP contribution in [0.5, 0.6) is 0 Å². The molecule has 138 valence electrons. The summed E-state index contributed by atoms with van der Waals surface area (Å²) in [6, 6.07) is 0. The summed E-state index contributed by atoms with van der Waals surface area (Å²) in [6.45, 7) is -5.19. The summed E-state index contributed by atoms with van der Waals surface area (Å²) in [6.07, 6.45) is -13.2. The van der Waals surface area contributed by atoms with Crippen LogP contribution in [0, 0.1) is 0 Å². The molecule has 0 fully saturated rings. The third-order valence-electron chi connectivity index (χ3n) is 0.538. The van der Waals surface area contributed by atoms with E-state index in [4.69, 9.17) is 30.4 Å². The van der Waals surface area contributed by atoms with Crippen LogP contribution in [0.15, 0.2) is 0 Å². The van der Waals surface area contributed by atoms with Crippen molar-refractivity contribution in [3.05, 3.63) is 0 Å². The van der Waals surface area contributed by atoms with Gasteiger partial charge in [0.05, 0.1) is 0 Å². The van der Waals surface area contributed by atoms with Crippen molar-refractivity contribution >= 4 is 7.32 Å². The van der Waals surface area contributed by atoms with E-state index in [1.807, 2.05) is 0 Å². The van der Waals surface area contributed by atoms with E-state index in [0.717, 1.165) is 0 Å². The van der Waals surface area contributed by atoms with Gasteiger partial charge in [0.1, 0.15) is 19.8 Å². The molecule has 0 atom stereocenters. The molecule has 22 heavy (non-hydrogen) atoms. The molecule has 0 saturated carbocycles. The number of hydrogen-bond acceptors (Lipinski definition) is 6. The fourth-order valence-corrected chi connectivity index (χ4v) is 0. The molecule has 6 nitrogen and oxygen atoms in total. The lowest BCUT2D eigenvalue weighted by atomic mass is 10.3. The maximum Gasteiger partial charge on any atom is 0.631 e. The lowest BCUT2D eigenvalue weighted by Gasteiger charge is -1.95. The average molecular weight is 362 g/mol. The van der Waals surface area contributed by atoms with E-state index in [0.29, 0.717) is 0 Å². The standard InChI is InChI=1S/3C2H3F3O.BH3O3/c3*3-2(4,5)1-6;2-1(3)4/h3*6H,1H2;2-4H. The molecule has 0 radical (unpaired) electrons. The molecule has 0 saturated heterocycles. The fourth-order valence-electron chi connectivity index (χ4n) is 0. The number of hydrogen-bond donors (Lipinski definition) is 6. The van der Waals surface area contributed by atoms with Gasteiger partial charge in [-0.25, -0.2) is 0 Å². The maximum atomic E-state index is 10.5. The zero-order valence-corrected chi connectivity index (χ0v) is 10.3. The fraction of sp³-hybridized carbons (Fsp3) is 1.00. The van der Waals surface area contributed by atoms with Crippen molar-refractivity contribution in [1.82, 2.24) is 0 Å². The van der Waals surface area contributed by atoms with E-state index in [9.17, 15) is 39.5 Å². The summed E-state index contributed by atoms with van der Waals surface area (Å²) in [7, 11) is -2.17. The van der Waals surface area contributed by atoms with Gasteiger partial charge in [0.25, 0.3) is 0 Å². The van der Waals surface area contributed by atoms with Gasteiger partial charge in [-0.2, -0.15) is 39.5 Å². The first-order chi connectivity index (χ1) is 9.41. The summed E-state index contributed by atoms with van der Waals surface area (Å²) in [5, 5.41) is 43.3. The smallest absolute Gasteiger partial charge is 0.402 e. The molecule has 16 heteroatoms. The third-order valence-corrected chi connectivity index (χ3v) is 0.538. The Bertz CT molecular complexity index is 192. The van der Waals surface area contributed by atoms with Gasteiger partial charge in [0.15, 0.2) is 0 Å². The Hall–Kier alpha value is -0.805. The van der Waals surface area contributed by atoms with Gasteiger partial charge < -0.3 is 30.4 Å². The van der Waals surface area contributed by atoms with E-state index in [1.54, 1.807) is 0 Å². The zero-order valence-electron chi connectivity index (χ0n) is 10.3. The highest BCUT2D eigenvalue weighted by molar-refractivity contribution is 6.30. The summed E-state index contributed by atoms with van der Waals surface area (Å²) in [5.74, 6) is 0. The molecule has 0 aliphatic carbocycles. The molecule has 0 aromatic heterocycles. The molecule has 0 aromatic carbocycles. The predicted molar refractivity (Wildman–Crippen MR) is 51.8 cm³/mol. The SMILES string of the molecule is OB(O)O.OCC(F)(F)F.OCC(F)(F)F.OCC(F)(F)F. The van der Waals surface area contributed by atoms with E-state index in [1.165, 1.54) is 0 Å². The second-order valence-electron chi connectivity index (χ2n) is 2.67. The van der Waals surface area contributed by atoms with Crippen LogP contribution in [0.25, 0.3) is 0 Å². The van der Waals surface area contributed by atoms with Crippen molar-refractivity contribution in [3.8, 4) is 0 Å². The van der Waals surface area contributed by atoms with Crippen molar-refractivity contribution in [1.29, 1.82) is 0 Å². The minimum Gasteiger partial charge on any atom is -0.402 e. The van der Waals surface area contributed by atoms with Gasteiger partial charge in [-0.05, 0) is 0 Å². The maximum absolute atomic E-state index is 10.5. The van der Waals surface area contributed by atoms with Crippen molar-refractivity contribution in [2.75, 3.05) is 19.8 Å². The largest absolute Gasteiger partial charge is 0.631 e. The molecule has 0 unspecified atom stereocenters. The van der Waals surface area contributed by atoms with Crippen LogP contribution >= 0.6 is 0 Å². The number of alkyl halides is 9. The second-order valence-corrected chi connectivity index (χ2v) is 2.67. The topological polar surface area (TPSA) is 121 Å². The van der Waals surface area contributed by atoms with Crippen LogP contribution in [0.2, 0.25) is 0 Å². The third kappa shape index (κ3) is 94.6. The number of rotatable bonds is 0.